The van der Waals surface area contributed by atoms with Crippen molar-refractivity contribution in [1.82, 2.24) is 5.32 Å². The molecular formula is C18H37NOS2. The van der Waals surface area contributed by atoms with Gasteiger partial charge in [0.2, 0.25) is 0 Å². The predicted octanol–water partition coefficient (Wildman–Crippen LogP) is 5.63. The Morgan fingerprint density at radius 1 is 0.636 bits per heavy atom. The van der Waals surface area contributed by atoms with E-state index in [1.807, 2.05) is 0 Å². The maximum atomic E-state index is 8.69. The first-order valence-electron chi connectivity index (χ1n) is 9.35. The number of aliphatic hydroxyl groups is 1. The number of aliphatic hydroxyl groups excluding tert-OH is 1. The van der Waals surface area contributed by atoms with E-state index >= 15 is 0 Å². The predicted molar refractivity (Wildman–Crippen MR) is 106 cm³/mol. The molecule has 0 saturated heterocycles. The van der Waals surface area contributed by atoms with E-state index in [1.54, 1.807) is 0 Å². The van der Waals surface area contributed by atoms with Gasteiger partial charge in [-0.3, -0.25) is 0 Å². The molecule has 0 aromatic heterocycles. The van der Waals surface area contributed by atoms with E-state index < -0.39 is 0 Å². The third-order valence-corrected chi connectivity index (χ3v) is 4.41. The molecule has 0 spiro atoms. The molecule has 0 heterocycles. The smallest absolute Gasteiger partial charge is 0.130 e. The van der Waals surface area contributed by atoms with Crippen LogP contribution in [0.2, 0.25) is 0 Å². The Morgan fingerprint density at radius 3 is 1.27 bits per heavy atom. The molecular weight excluding hydrogens is 310 g/mol. The minimum absolute atomic E-state index is 0.362. The summed E-state index contributed by atoms with van der Waals surface area (Å²) in [6.45, 7) is 1.34. The molecule has 0 aliphatic rings. The van der Waals surface area contributed by atoms with Crippen molar-refractivity contribution in [2.45, 2.75) is 96.3 Å². The maximum Gasteiger partial charge on any atom is 0.130 e. The lowest BCUT2D eigenvalue weighted by Crippen LogP contribution is -2.17. The summed E-state index contributed by atoms with van der Waals surface area (Å²) < 4.78 is 0.616. The zero-order valence-electron chi connectivity index (χ0n) is 14.3. The summed E-state index contributed by atoms with van der Waals surface area (Å²) in [5.41, 5.74) is 0. The summed E-state index contributed by atoms with van der Waals surface area (Å²) >= 11 is 8.89. The van der Waals surface area contributed by atoms with Crippen molar-refractivity contribution >= 4 is 29.2 Å². The zero-order chi connectivity index (χ0) is 16.3. The molecule has 0 radical (unpaired) electrons. The molecule has 0 saturated carbocycles. The first-order chi connectivity index (χ1) is 10.8. The monoisotopic (exact) mass is 347 g/mol. The topological polar surface area (TPSA) is 32.3 Å². The van der Waals surface area contributed by atoms with E-state index in [0.717, 1.165) is 13.0 Å². The van der Waals surface area contributed by atoms with Gasteiger partial charge in [0.05, 0.1) is 0 Å². The first-order valence-corrected chi connectivity index (χ1v) is 10.2. The number of thiol groups is 1. The second kappa shape index (κ2) is 19.2. The normalized spacial score (nSPS) is 10.8. The molecule has 0 unspecified atom stereocenters. The highest BCUT2D eigenvalue weighted by atomic mass is 32.1. The van der Waals surface area contributed by atoms with Crippen LogP contribution in [0.15, 0.2) is 0 Å². The van der Waals surface area contributed by atoms with Gasteiger partial charge in [-0.2, -0.15) is 0 Å². The number of hydrogen-bond donors (Lipinski definition) is 3. The van der Waals surface area contributed by atoms with E-state index in [0.29, 0.717) is 10.9 Å². The lowest BCUT2D eigenvalue weighted by Gasteiger charge is -2.04. The molecule has 0 rings (SSSR count). The highest BCUT2D eigenvalue weighted by molar-refractivity contribution is 8.11. The standard InChI is InChI=1S/C18H37NOS2/c20-17-15-13-11-9-7-5-3-1-2-4-6-8-10-12-14-16-19-18(21)22/h20H,1-17H2,(H2,19,21,22). The lowest BCUT2D eigenvalue weighted by molar-refractivity contribution is 0.282. The van der Waals surface area contributed by atoms with E-state index in [9.17, 15) is 0 Å². The van der Waals surface area contributed by atoms with Crippen LogP contribution in [0.25, 0.3) is 0 Å². The van der Waals surface area contributed by atoms with Crippen molar-refractivity contribution in [1.29, 1.82) is 0 Å². The Labute approximate surface area is 149 Å². The van der Waals surface area contributed by atoms with Crippen molar-refractivity contribution in [3.63, 3.8) is 0 Å². The van der Waals surface area contributed by atoms with Crippen LogP contribution >= 0.6 is 24.8 Å². The van der Waals surface area contributed by atoms with Crippen LogP contribution in [0.3, 0.4) is 0 Å². The van der Waals surface area contributed by atoms with Gasteiger partial charge in [0, 0.05) is 13.2 Å². The zero-order valence-corrected chi connectivity index (χ0v) is 16.0. The van der Waals surface area contributed by atoms with Crippen molar-refractivity contribution in [3.8, 4) is 0 Å². The molecule has 2 nitrogen and oxygen atoms in total. The fraction of sp³-hybridized carbons (Fsp3) is 0.944. The number of unbranched alkanes of at least 4 members (excludes halogenated alkanes) is 14. The van der Waals surface area contributed by atoms with Gasteiger partial charge in [0.1, 0.15) is 4.32 Å². The SMILES string of the molecule is OCCCCCCCCCCCCCCCCCNC(=S)S. The van der Waals surface area contributed by atoms with Crippen molar-refractivity contribution < 1.29 is 5.11 Å². The Morgan fingerprint density at radius 2 is 0.955 bits per heavy atom. The van der Waals surface area contributed by atoms with Gasteiger partial charge in [0.15, 0.2) is 0 Å². The van der Waals surface area contributed by atoms with Gasteiger partial charge >= 0.3 is 0 Å². The molecule has 0 bridgehead atoms. The van der Waals surface area contributed by atoms with Crippen LogP contribution in [0.5, 0.6) is 0 Å². The highest BCUT2D eigenvalue weighted by Crippen LogP contribution is 2.13. The minimum atomic E-state index is 0.362. The fourth-order valence-corrected chi connectivity index (χ4v) is 2.94. The first kappa shape index (κ1) is 22.2. The molecule has 0 atom stereocenters. The number of rotatable bonds is 17. The summed E-state index contributed by atoms with van der Waals surface area (Å²) in [6.07, 6.45) is 19.9. The second-order valence-corrected chi connectivity index (χ2v) is 7.42. The van der Waals surface area contributed by atoms with Gasteiger partial charge in [-0.05, 0) is 12.8 Å². The molecule has 22 heavy (non-hydrogen) atoms. The number of thiocarbonyl (C=S) groups is 1. The lowest BCUT2D eigenvalue weighted by atomic mass is 10.0. The largest absolute Gasteiger partial charge is 0.396 e. The maximum absolute atomic E-state index is 8.69. The molecule has 2 N–H and O–H groups in total. The van der Waals surface area contributed by atoms with Gasteiger partial charge in [0.25, 0.3) is 0 Å². The van der Waals surface area contributed by atoms with Crippen molar-refractivity contribution in [2.75, 3.05) is 13.2 Å². The van der Waals surface area contributed by atoms with Crippen LogP contribution in [0, 0.1) is 0 Å². The highest BCUT2D eigenvalue weighted by Gasteiger charge is 1.94. The summed E-state index contributed by atoms with van der Waals surface area (Å²) in [5, 5.41) is 11.8. The van der Waals surface area contributed by atoms with Crippen LogP contribution in [0.1, 0.15) is 96.3 Å². The molecule has 0 aliphatic heterocycles. The van der Waals surface area contributed by atoms with Gasteiger partial charge in [-0.15, -0.1) is 12.6 Å². The summed E-state index contributed by atoms with van der Waals surface area (Å²) in [4.78, 5) is 0. The summed E-state index contributed by atoms with van der Waals surface area (Å²) in [6, 6.07) is 0. The second-order valence-electron chi connectivity index (χ2n) is 6.26. The van der Waals surface area contributed by atoms with Crippen LogP contribution in [-0.2, 0) is 0 Å². The quantitative estimate of drug-likeness (QED) is 0.181. The van der Waals surface area contributed by atoms with Gasteiger partial charge in [-0.1, -0.05) is 95.7 Å². The van der Waals surface area contributed by atoms with E-state index in [1.165, 1.54) is 89.9 Å². The molecule has 0 fully saturated rings. The Kier molecular flexibility index (Phi) is 19.4. The summed E-state index contributed by atoms with van der Waals surface area (Å²) in [7, 11) is 0. The molecule has 0 aliphatic carbocycles. The molecule has 4 heteroatoms. The van der Waals surface area contributed by atoms with Gasteiger partial charge < -0.3 is 10.4 Å². The van der Waals surface area contributed by atoms with Crippen molar-refractivity contribution in [3.05, 3.63) is 0 Å². The Bertz CT molecular complexity index is 237. The summed E-state index contributed by atoms with van der Waals surface area (Å²) in [5.74, 6) is 0. The third kappa shape index (κ3) is 20.2. The van der Waals surface area contributed by atoms with Crippen LogP contribution in [0.4, 0.5) is 0 Å². The minimum Gasteiger partial charge on any atom is -0.396 e. The van der Waals surface area contributed by atoms with Gasteiger partial charge in [-0.25, -0.2) is 0 Å². The molecule has 0 aromatic rings. The molecule has 0 amide bonds. The van der Waals surface area contributed by atoms with Crippen LogP contribution < -0.4 is 5.32 Å². The number of nitrogens with one attached hydrogen (secondary N) is 1. The molecule has 0 aromatic carbocycles. The third-order valence-electron chi connectivity index (χ3n) is 4.11. The average Bonchev–Trinajstić information content (AvgIpc) is 2.50. The Balaban J connectivity index is 2.95. The molecule has 132 valence electrons. The Hall–Kier alpha value is 0.200. The van der Waals surface area contributed by atoms with Crippen LogP contribution in [-0.4, -0.2) is 22.6 Å². The fourth-order valence-electron chi connectivity index (χ4n) is 2.73. The van der Waals surface area contributed by atoms with E-state index in [2.05, 4.69) is 17.9 Å². The van der Waals surface area contributed by atoms with Crippen molar-refractivity contribution in [2.24, 2.45) is 0 Å². The van der Waals surface area contributed by atoms with E-state index in [4.69, 9.17) is 17.3 Å². The average molecular weight is 348 g/mol. The number of hydrogen-bond acceptors (Lipinski definition) is 2. The van der Waals surface area contributed by atoms with E-state index in [-0.39, 0.29) is 0 Å².